The zero-order valence-electron chi connectivity index (χ0n) is 16.7. The lowest BCUT2D eigenvalue weighted by atomic mass is 10.1. The van der Waals surface area contributed by atoms with Crippen molar-refractivity contribution >= 4 is 33.8 Å². The first kappa shape index (κ1) is 20.7. The standard InChI is InChI=1S/C24H23ClN2O2S/c1-17(23-8-5-13-30-23)26-16-19-14-18-9-10-20(25)15-22(18)27(24(19)28)11-12-29-21-6-3-2-4-7-21/h2-10,13-15,17,26H,11-12,16H2,1H3. The molecule has 154 valence electrons. The Morgan fingerprint density at radius 1 is 1.10 bits per heavy atom. The number of halogens is 1. The number of ether oxygens (including phenoxy) is 1. The average Bonchev–Trinajstić information content (AvgIpc) is 3.30. The molecule has 0 amide bonds. The van der Waals surface area contributed by atoms with E-state index < -0.39 is 0 Å². The molecule has 2 heterocycles. The summed E-state index contributed by atoms with van der Waals surface area (Å²) in [5, 5.41) is 7.12. The lowest BCUT2D eigenvalue weighted by molar-refractivity contribution is 0.298. The molecule has 0 bridgehead atoms. The van der Waals surface area contributed by atoms with Crippen molar-refractivity contribution in [2.24, 2.45) is 0 Å². The largest absolute Gasteiger partial charge is 0.492 e. The highest BCUT2D eigenvalue weighted by Crippen LogP contribution is 2.21. The van der Waals surface area contributed by atoms with Gasteiger partial charge in [0.15, 0.2) is 0 Å². The highest BCUT2D eigenvalue weighted by Gasteiger charge is 2.12. The van der Waals surface area contributed by atoms with Crippen LogP contribution in [0.2, 0.25) is 5.02 Å². The van der Waals surface area contributed by atoms with Gasteiger partial charge in [0.05, 0.1) is 12.1 Å². The first-order valence-corrected chi connectivity index (χ1v) is 11.1. The zero-order chi connectivity index (χ0) is 20.9. The van der Waals surface area contributed by atoms with Crippen LogP contribution in [0.15, 0.2) is 76.9 Å². The molecule has 0 saturated carbocycles. The fourth-order valence-electron chi connectivity index (χ4n) is 3.43. The minimum absolute atomic E-state index is 0.0210. The highest BCUT2D eigenvalue weighted by molar-refractivity contribution is 7.10. The molecule has 2 aromatic carbocycles. The maximum absolute atomic E-state index is 13.3. The van der Waals surface area contributed by atoms with E-state index in [4.69, 9.17) is 16.3 Å². The number of para-hydroxylation sites is 1. The highest BCUT2D eigenvalue weighted by atomic mass is 35.5. The number of hydrogen-bond donors (Lipinski definition) is 1. The predicted molar refractivity (Wildman–Crippen MR) is 125 cm³/mol. The Labute approximate surface area is 184 Å². The van der Waals surface area contributed by atoms with Crippen LogP contribution in [-0.2, 0) is 13.1 Å². The van der Waals surface area contributed by atoms with Crippen molar-refractivity contribution in [2.45, 2.75) is 26.1 Å². The van der Waals surface area contributed by atoms with E-state index >= 15 is 0 Å². The molecule has 30 heavy (non-hydrogen) atoms. The molecule has 1 N–H and O–H groups in total. The van der Waals surface area contributed by atoms with E-state index in [2.05, 4.69) is 23.7 Å². The molecule has 6 heteroatoms. The van der Waals surface area contributed by atoms with Crippen molar-refractivity contribution in [3.63, 3.8) is 0 Å². The van der Waals surface area contributed by atoms with Gasteiger partial charge in [-0.15, -0.1) is 11.3 Å². The van der Waals surface area contributed by atoms with Gasteiger partial charge in [0.1, 0.15) is 12.4 Å². The third-order valence-corrected chi connectivity index (χ3v) is 6.32. The molecule has 0 fully saturated rings. The van der Waals surface area contributed by atoms with E-state index in [0.717, 1.165) is 22.2 Å². The molecular formula is C24H23ClN2O2S. The van der Waals surface area contributed by atoms with Gasteiger partial charge in [-0.25, -0.2) is 0 Å². The second kappa shape index (κ2) is 9.47. The Balaban J connectivity index is 1.59. The molecule has 0 aliphatic heterocycles. The van der Waals surface area contributed by atoms with Gasteiger partial charge in [0, 0.05) is 28.0 Å². The van der Waals surface area contributed by atoms with E-state index in [1.165, 1.54) is 4.88 Å². The lowest BCUT2D eigenvalue weighted by Gasteiger charge is -2.16. The van der Waals surface area contributed by atoms with Crippen molar-refractivity contribution in [1.82, 2.24) is 9.88 Å². The summed E-state index contributed by atoms with van der Waals surface area (Å²) >= 11 is 7.92. The van der Waals surface area contributed by atoms with Crippen molar-refractivity contribution in [2.75, 3.05) is 6.61 Å². The maximum atomic E-state index is 13.3. The minimum atomic E-state index is -0.0210. The van der Waals surface area contributed by atoms with Crippen molar-refractivity contribution in [3.8, 4) is 5.75 Å². The van der Waals surface area contributed by atoms with Crippen LogP contribution < -0.4 is 15.6 Å². The van der Waals surface area contributed by atoms with E-state index in [-0.39, 0.29) is 11.6 Å². The first-order chi connectivity index (χ1) is 14.6. The van der Waals surface area contributed by atoms with Crippen molar-refractivity contribution in [1.29, 1.82) is 0 Å². The first-order valence-electron chi connectivity index (χ1n) is 9.88. The average molecular weight is 439 g/mol. The van der Waals surface area contributed by atoms with Gasteiger partial charge in [-0.3, -0.25) is 4.79 Å². The van der Waals surface area contributed by atoms with Gasteiger partial charge in [-0.1, -0.05) is 41.9 Å². The SMILES string of the molecule is CC(NCc1cc2ccc(Cl)cc2n(CCOc2ccccc2)c1=O)c1cccs1. The number of pyridine rings is 1. The van der Waals surface area contributed by atoms with Gasteiger partial charge in [0.2, 0.25) is 0 Å². The van der Waals surface area contributed by atoms with Gasteiger partial charge in [0.25, 0.3) is 5.56 Å². The number of aromatic nitrogens is 1. The fraction of sp³-hybridized carbons (Fsp3) is 0.208. The summed E-state index contributed by atoms with van der Waals surface area (Å²) in [5.74, 6) is 0.787. The Morgan fingerprint density at radius 3 is 2.70 bits per heavy atom. The lowest BCUT2D eigenvalue weighted by Crippen LogP contribution is -2.30. The molecule has 0 saturated heterocycles. The molecule has 1 atom stereocenters. The topological polar surface area (TPSA) is 43.3 Å². The van der Waals surface area contributed by atoms with E-state index in [0.29, 0.717) is 24.7 Å². The van der Waals surface area contributed by atoms with Gasteiger partial charge < -0.3 is 14.6 Å². The van der Waals surface area contributed by atoms with Crippen LogP contribution >= 0.6 is 22.9 Å². The van der Waals surface area contributed by atoms with Crippen LogP contribution in [0, 0.1) is 0 Å². The predicted octanol–water partition coefficient (Wildman–Crippen LogP) is 5.65. The molecule has 4 aromatic rings. The molecule has 0 aliphatic rings. The van der Waals surface area contributed by atoms with Crippen molar-refractivity contribution < 1.29 is 4.74 Å². The van der Waals surface area contributed by atoms with Crippen LogP contribution in [0.4, 0.5) is 0 Å². The maximum Gasteiger partial charge on any atom is 0.255 e. The molecule has 1 unspecified atom stereocenters. The molecule has 4 rings (SSSR count). The second-order valence-corrected chi connectivity index (χ2v) is 8.52. The summed E-state index contributed by atoms with van der Waals surface area (Å²) in [5.41, 5.74) is 1.53. The molecule has 2 aromatic heterocycles. The third kappa shape index (κ3) is 4.75. The zero-order valence-corrected chi connectivity index (χ0v) is 18.2. The Bertz CT molecular complexity index is 1170. The van der Waals surface area contributed by atoms with Crippen LogP contribution in [-0.4, -0.2) is 11.2 Å². The second-order valence-electron chi connectivity index (χ2n) is 7.11. The van der Waals surface area contributed by atoms with Crippen LogP contribution in [0.5, 0.6) is 5.75 Å². The number of nitrogens with zero attached hydrogens (tertiary/aromatic N) is 1. The van der Waals surface area contributed by atoms with Crippen LogP contribution in [0.3, 0.4) is 0 Å². The Kier molecular flexibility index (Phi) is 6.53. The number of rotatable bonds is 8. The molecular weight excluding hydrogens is 416 g/mol. The quantitative estimate of drug-likeness (QED) is 0.386. The summed E-state index contributed by atoms with van der Waals surface area (Å²) in [4.78, 5) is 14.5. The summed E-state index contributed by atoms with van der Waals surface area (Å²) < 4.78 is 7.59. The van der Waals surface area contributed by atoms with Crippen LogP contribution in [0.1, 0.15) is 23.4 Å². The molecule has 0 radical (unpaired) electrons. The monoisotopic (exact) mass is 438 g/mol. The molecule has 0 spiro atoms. The number of fused-ring (bicyclic) bond motifs is 1. The number of benzene rings is 2. The molecule has 4 nitrogen and oxygen atoms in total. The van der Waals surface area contributed by atoms with E-state index in [1.54, 1.807) is 15.9 Å². The number of thiophene rings is 1. The summed E-state index contributed by atoms with van der Waals surface area (Å²) in [6.07, 6.45) is 0. The van der Waals surface area contributed by atoms with E-state index in [1.807, 2.05) is 60.7 Å². The molecule has 0 aliphatic carbocycles. The van der Waals surface area contributed by atoms with Gasteiger partial charge in [-0.2, -0.15) is 0 Å². The fourth-order valence-corrected chi connectivity index (χ4v) is 4.35. The van der Waals surface area contributed by atoms with Gasteiger partial charge in [-0.05, 0) is 54.1 Å². The number of nitrogens with one attached hydrogen (secondary N) is 1. The summed E-state index contributed by atoms with van der Waals surface area (Å²) in [6.45, 7) is 3.45. The van der Waals surface area contributed by atoms with Crippen LogP contribution in [0.25, 0.3) is 10.9 Å². The number of hydrogen-bond acceptors (Lipinski definition) is 4. The summed E-state index contributed by atoms with van der Waals surface area (Å²) in [7, 11) is 0. The normalized spacial score (nSPS) is 12.2. The Morgan fingerprint density at radius 2 is 1.93 bits per heavy atom. The van der Waals surface area contributed by atoms with Crippen molar-refractivity contribution in [3.05, 3.63) is 97.9 Å². The minimum Gasteiger partial charge on any atom is -0.492 e. The third-order valence-electron chi connectivity index (χ3n) is 5.03. The smallest absolute Gasteiger partial charge is 0.255 e. The van der Waals surface area contributed by atoms with E-state index in [9.17, 15) is 4.79 Å². The summed E-state index contributed by atoms with van der Waals surface area (Å²) in [6, 6.07) is 21.5. The van der Waals surface area contributed by atoms with Gasteiger partial charge >= 0.3 is 0 Å². The Hall–Kier alpha value is -2.60.